The molecule has 0 aliphatic carbocycles. The zero-order valence-corrected chi connectivity index (χ0v) is 15.5. The van der Waals surface area contributed by atoms with Gasteiger partial charge >= 0.3 is 0 Å². The molecule has 0 bridgehead atoms. The molecule has 0 saturated carbocycles. The first-order valence-corrected chi connectivity index (χ1v) is 8.98. The van der Waals surface area contributed by atoms with Crippen LogP contribution in [0.3, 0.4) is 0 Å². The fraction of sp³-hybridized carbons (Fsp3) is 0.529. The van der Waals surface area contributed by atoms with Crippen molar-refractivity contribution in [1.29, 1.82) is 5.26 Å². The molecule has 0 unspecified atom stereocenters. The van der Waals surface area contributed by atoms with Gasteiger partial charge in [-0.2, -0.15) is 5.26 Å². The smallest absolute Gasteiger partial charge is 0.238 e. The highest BCUT2D eigenvalue weighted by Crippen LogP contribution is 2.25. The molecule has 0 aromatic heterocycles. The Kier molecular flexibility index (Phi) is 8.45. The number of morpholine rings is 1. The molecule has 1 aromatic carbocycles. The minimum atomic E-state index is -0.163. The molecule has 136 valence electrons. The van der Waals surface area contributed by atoms with Gasteiger partial charge in [0.15, 0.2) is 0 Å². The Balaban J connectivity index is 1.86. The van der Waals surface area contributed by atoms with Crippen LogP contribution >= 0.6 is 23.2 Å². The molecule has 25 heavy (non-hydrogen) atoms. The number of carbonyl (C=O) groups is 1. The first-order chi connectivity index (χ1) is 12.1. The fourth-order valence-electron chi connectivity index (χ4n) is 2.57. The molecule has 6 nitrogen and oxygen atoms in total. The predicted molar refractivity (Wildman–Crippen MR) is 99.0 cm³/mol. The molecular formula is C17H22Cl2N4O2. The molecule has 1 aliphatic heterocycles. The molecule has 1 heterocycles. The second-order valence-corrected chi connectivity index (χ2v) is 6.65. The van der Waals surface area contributed by atoms with E-state index in [1.165, 1.54) is 0 Å². The van der Waals surface area contributed by atoms with Crippen molar-refractivity contribution < 1.29 is 9.53 Å². The van der Waals surface area contributed by atoms with E-state index in [9.17, 15) is 4.79 Å². The van der Waals surface area contributed by atoms with Crippen LogP contribution < -0.4 is 5.32 Å². The minimum Gasteiger partial charge on any atom is -0.379 e. The van der Waals surface area contributed by atoms with Crippen LogP contribution in [0.25, 0.3) is 0 Å². The lowest BCUT2D eigenvalue weighted by atomic mass is 10.3. The lowest BCUT2D eigenvalue weighted by Crippen LogP contribution is -2.43. The molecule has 1 saturated heterocycles. The SMILES string of the molecule is N#CCCN(CCN1CCOCC1)CC(=O)Nc1ccc(Cl)cc1Cl. The second kappa shape index (κ2) is 10.6. The van der Waals surface area contributed by atoms with Crippen molar-refractivity contribution in [2.75, 3.05) is 57.8 Å². The van der Waals surface area contributed by atoms with Crippen molar-refractivity contribution in [2.24, 2.45) is 0 Å². The summed E-state index contributed by atoms with van der Waals surface area (Å²) in [6.07, 6.45) is 0.387. The molecule has 1 aromatic rings. The summed E-state index contributed by atoms with van der Waals surface area (Å²) in [5, 5.41) is 12.5. The lowest BCUT2D eigenvalue weighted by Gasteiger charge is -2.29. The number of anilines is 1. The van der Waals surface area contributed by atoms with E-state index >= 15 is 0 Å². The molecule has 0 radical (unpaired) electrons. The van der Waals surface area contributed by atoms with Gasteiger partial charge in [0.1, 0.15) is 0 Å². The maximum atomic E-state index is 12.3. The van der Waals surface area contributed by atoms with E-state index in [0.717, 1.165) is 39.4 Å². The van der Waals surface area contributed by atoms with E-state index in [1.54, 1.807) is 18.2 Å². The van der Waals surface area contributed by atoms with Gasteiger partial charge in [-0.15, -0.1) is 0 Å². The Morgan fingerprint density at radius 2 is 2.08 bits per heavy atom. The lowest BCUT2D eigenvalue weighted by molar-refractivity contribution is -0.117. The monoisotopic (exact) mass is 384 g/mol. The molecule has 0 spiro atoms. The van der Waals surface area contributed by atoms with Crippen LogP contribution in [0.2, 0.25) is 10.0 Å². The van der Waals surface area contributed by atoms with Gasteiger partial charge < -0.3 is 10.1 Å². The van der Waals surface area contributed by atoms with Crippen molar-refractivity contribution in [3.63, 3.8) is 0 Å². The Bertz CT molecular complexity index is 615. The highest BCUT2D eigenvalue weighted by atomic mass is 35.5. The molecule has 1 N–H and O–H groups in total. The van der Waals surface area contributed by atoms with Gasteiger partial charge in [0.2, 0.25) is 5.91 Å². The zero-order valence-electron chi connectivity index (χ0n) is 14.0. The average Bonchev–Trinajstić information content (AvgIpc) is 2.60. The summed E-state index contributed by atoms with van der Waals surface area (Å²) in [4.78, 5) is 16.6. The van der Waals surface area contributed by atoms with Crippen molar-refractivity contribution in [3.8, 4) is 6.07 Å². The summed E-state index contributed by atoms with van der Waals surface area (Å²) < 4.78 is 5.34. The fourth-order valence-corrected chi connectivity index (χ4v) is 3.03. The Morgan fingerprint density at radius 3 is 2.76 bits per heavy atom. The van der Waals surface area contributed by atoms with E-state index in [4.69, 9.17) is 33.2 Å². The summed E-state index contributed by atoms with van der Waals surface area (Å²) in [5.41, 5.74) is 0.532. The van der Waals surface area contributed by atoms with Crippen molar-refractivity contribution >= 4 is 34.8 Å². The Labute approximate surface area is 158 Å². The van der Waals surface area contributed by atoms with Crippen LogP contribution in [-0.4, -0.2) is 68.2 Å². The van der Waals surface area contributed by atoms with Crippen LogP contribution in [-0.2, 0) is 9.53 Å². The number of nitriles is 1. The largest absolute Gasteiger partial charge is 0.379 e. The molecular weight excluding hydrogens is 363 g/mol. The number of ether oxygens (including phenoxy) is 1. The average molecular weight is 385 g/mol. The van der Waals surface area contributed by atoms with Crippen molar-refractivity contribution in [3.05, 3.63) is 28.2 Å². The summed E-state index contributed by atoms with van der Waals surface area (Å²) in [5.74, 6) is -0.163. The van der Waals surface area contributed by atoms with Crippen LogP contribution in [0, 0.1) is 11.3 Å². The van der Waals surface area contributed by atoms with Crippen molar-refractivity contribution in [2.45, 2.75) is 6.42 Å². The number of nitrogens with one attached hydrogen (secondary N) is 1. The summed E-state index contributed by atoms with van der Waals surface area (Å²) in [7, 11) is 0. The first kappa shape index (κ1) is 20.0. The van der Waals surface area contributed by atoms with Gasteiger partial charge in [0.25, 0.3) is 0 Å². The van der Waals surface area contributed by atoms with E-state index in [-0.39, 0.29) is 12.5 Å². The van der Waals surface area contributed by atoms with Crippen LogP contribution in [0.5, 0.6) is 0 Å². The number of nitrogens with zero attached hydrogens (tertiary/aromatic N) is 3. The quantitative estimate of drug-likeness (QED) is 0.745. The summed E-state index contributed by atoms with van der Waals surface area (Å²) >= 11 is 11.9. The number of carbonyl (C=O) groups excluding carboxylic acids is 1. The van der Waals surface area contributed by atoms with Gasteiger partial charge in [-0.05, 0) is 18.2 Å². The predicted octanol–water partition coefficient (Wildman–Crippen LogP) is 2.48. The van der Waals surface area contributed by atoms with Crippen LogP contribution in [0.1, 0.15) is 6.42 Å². The van der Waals surface area contributed by atoms with E-state index in [0.29, 0.717) is 28.7 Å². The molecule has 1 fully saturated rings. The van der Waals surface area contributed by atoms with Gasteiger partial charge in [0.05, 0.1) is 36.5 Å². The second-order valence-electron chi connectivity index (χ2n) is 5.81. The highest BCUT2D eigenvalue weighted by molar-refractivity contribution is 6.36. The number of benzene rings is 1. The number of hydrogen-bond acceptors (Lipinski definition) is 5. The number of rotatable bonds is 8. The number of hydrogen-bond donors (Lipinski definition) is 1. The number of amides is 1. The van der Waals surface area contributed by atoms with E-state index in [2.05, 4.69) is 16.3 Å². The van der Waals surface area contributed by atoms with Crippen LogP contribution in [0.15, 0.2) is 18.2 Å². The van der Waals surface area contributed by atoms with E-state index in [1.807, 2.05) is 4.90 Å². The third-order valence-corrected chi connectivity index (χ3v) is 4.50. The maximum absolute atomic E-state index is 12.3. The highest BCUT2D eigenvalue weighted by Gasteiger charge is 2.15. The molecule has 1 aliphatic rings. The van der Waals surface area contributed by atoms with Gasteiger partial charge in [-0.25, -0.2) is 0 Å². The van der Waals surface area contributed by atoms with E-state index < -0.39 is 0 Å². The number of halogens is 2. The standard InChI is InChI=1S/C17H22Cl2N4O2/c18-14-2-3-16(15(19)12-14)21-17(24)13-23(5-1-4-20)7-6-22-8-10-25-11-9-22/h2-3,12H,1,5-11,13H2,(H,21,24). The van der Waals surface area contributed by atoms with Gasteiger partial charge in [-0.1, -0.05) is 23.2 Å². The van der Waals surface area contributed by atoms with Crippen LogP contribution in [0.4, 0.5) is 5.69 Å². The third-order valence-electron chi connectivity index (χ3n) is 3.95. The molecule has 2 rings (SSSR count). The Hall–Kier alpha value is -1.36. The Morgan fingerprint density at radius 1 is 1.32 bits per heavy atom. The molecule has 1 amide bonds. The first-order valence-electron chi connectivity index (χ1n) is 8.23. The van der Waals surface area contributed by atoms with Gasteiger partial charge in [0, 0.05) is 44.2 Å². The maximum Gasteiger partial charge on any atom is 0.238 e. The zero-order chi connectivity index (χ0) is 18.1. The minimum absolute atomic E-state index is 0.163. The topological polar surface area (TPSA) is 68.6 Å². The van der Waals surface area contributed by atoms with Crippen molar-refractivity contribution in [1.82, 2.24) is 9.80 Å². The third kappa shape index (κ3) is 7.18. The summed E-state index contributed by atoms with van der Waals surface area (Å²) in [6, 6.07) is 7.07. The molecule has 0 atom stereocenters. The normalized spacial score (nSPS) is 15.1. The van der Waals surface area contributed by atoms with Gasteiger partial charge in [-0.3, -0.25) is 14.6 Å². The molecule has 8 heteroatoms. The summed E-state index contributed by atoms with van der Waals surface area (Å²) in [6.45, 7) is 5.64.